The molecule has 0 spiro atoms. The van der Waals surface area contributed by atoms with E-state index in [-0.39, 0.29) is 15.6 Å². The highest BCUT2D eigenvalue weighted by atomic mass is 27.1. The minimum atomic E-state index is -1.26. The van der Waals surface area contributed by atoms with Gasteiger partial charge < -0.3 is 28.2 Å². The van der Waals surface area contributed by atoms with Crippen LogP contribution in [0.15, 0.2) is 0 Å². The number of hydrogen-bond donors (Lipinski definition) is 2. The van der Waals surface area contributed by atoms with Gasteiger partial charge in [-0.3, -0.25) is 4.79 Å². The summed E-state index contributed by atoms with van der Waals surface area (Å²) in [7, 11) is 1.26. The van der Waals surface area contributed by atoms with Gasteiger partial charge in [-0.25, -0.2) is 4.79 Å². The molecule has 2 N–H and O–H groups in total. The highest BCUT2D eigenvalue weighted by Crippen LogP contribution is 2.01. The largest absolute Gasteiger partial charge is 0.503 e. The lowest BCUT2D eigenvalue weighted by Crippen LogP contribution is -2.30. The number of methoxy groups -OCH3 is 1. The lowest BCUT2D eigenvalue weighted by Gasteiger charge is -2.17. The van der Waals surface area contributed by atoms with E-state index in [1.54, 1.807) is 13.8 Å². The zero-order valence-corrected chi connectivity index (χ0v) is 15.2. The number of carbonyl (C=O) groups is 2. The minimum absolute atomic E-state index is 0.00849. The molecule has 0 aliphatic carbocycles. The Morgan fingerprint density at radius 3 is 2.14 bits per heavy atom. The van der Waals surface area contributed by atoms with E-state index in [1.165, 1.54) is 25.2 Å². The molecule has 1 fully saturated rings. The molecule has 1 rings (SSSR count). The first kappa shape index (κ1) is 23.6. The molecular weight excluding hydrogens is 311 g/mol. The lowest BCUT2D eigenvalue weighted by molar-refractivity contribution is -0.235. The van der Waals surface area contributed by atoms with E-state index in [0.717, 1.165) is 13.5 Å². The molecule has 0 saturated carbocycles. The topological polar surface area (TPSA) is 112 Å². The third-order valence-corrected chi connectivity index (χ3v) is 3.58. The highest BCUT2D eigenvalue weighted by molar-refractivity contribution is 6.27. The first-order chi connectivity index (χ1) is 10.3. The summed E-state index contributed by atoms with van der Waals surface area (Å²) >= 11 is 0.00849. The molecule has 8 nitrogen and oxygen atoms in total. The molecule has 0 aromatic carbocycles. The van der Waals surface area contributed by atoms with Crippen molar-refractivity contribution < 1.29 is 37.8 Å². The van der Waals surface area contributed by atoms with E-state index in [9.17, 15) is 4.79 Å². The van der Waals surface area contributed by atoms with Crippen LogP contribution in [0, 0.1) is 0 Å². The smallest absolute Gasteiger partial charge is 0.435 e. The molecule has 22 heavy (non-hydrogen) atoms. The van der Waals surface area contributed by atoms with Gasteiger partial charge in [0.15, 0.2) is 6.29 Å². The molecule has 1 aliphatic rings. The van der Waals surface area contributed by atoms with Crippen molar-refractivity contribution in [3.63, 3.8) is 0 Å². The van der Waals surface area contributed by atoms with Crippen molar-refractivity contribution >= 4 is 27.5 Å². The molecule has 9 heteroatoms. The Bertz CT molecular complexity index is 268. The molecule has 2 unspecified atom stereocenters. The molecule has 1 saturated heterocycles. The maximum absolute atomic E-state index is 10.4. The summed E-state index contributed by atoms with van der Waals surface area (Å²) in [6, 6.07) is 0. The first-order valence-electron chi connectivity index (χ1n) is 7.15. The van der Waals surface area contributed by atoms with Crippen molar-refractivity contribution in [3.8, 4) is 0 Å². The van der Waals surface area contributed by atoms with Crippen molar-refractivity contribution in [2.24, 2.45) is 0 Å². The molecular formula is C13H27AlO8. The fourth-order valence-corrected chi connectivity index (χ4v) is 2.52. The van der Waals surface area contributed by atoms with Crippen molar-refractivity contribution in [3.05, 3.63) is 0 Å². The van der Waals surface area contributed by atoms with Crippen LogP contribution in [0.1, 0.15) is 33.6 Å². The van der Waals surface area contributed by atoms with Crippen molar-refractivity contribution in [1.82, 2.24) is 0 Å². The second-order valence-electron chi connectivity index (χ2n) is 4.26. The summed E-state index contributed by atoms with van der Waals surface area (Å²) in [4.78, 5) is 19.4. The van der Waals surface area contributed by atoms with Gasteiger partial charge in [0.1, 0.15) is 0 Å². The summed E-state index contributed by atoms with van der Waals surface area (Å²) in [5.41, 5.74) is 0. The van der Waals surface area contributed by atoms with Gasteiger partial charge >= 0.3 is 21.5 Å². The van der Waals surface area contributed by atoms with E-state index < -0.39 is 24.5 Å². The number of carboxylic acid groups (broad SMARTS) is 2. The zero-order chi connectivity index (χ0) is 17.4. The summed E-state index contributed by atoms with van der Waals surface area (Å²) in [5.74, 6) is -2.00. The number of hydrogen-bond acceptors (Lipinski definition) is 6. The summed E-state index contributed by atoms with van der Waals surface area (Å²) in [6.45, 7) is 6.02. The number of ether oxygens (including phenoxy) is 3. The Kier molecular flexibility index (Phi) is 17.9. The standard InChI is InChI=1S/C7H14O5.C4H8O.C2H4O2.Al.H/c1-4-11-5(2)12-7(10-3)6(8)9;1-2-3-4-5;1-2(3)4;;/h5,7H,4H2,1-3H3,(H,8,9);1-4H2;1H3,(H,3,4);;/q;-1;;+1;. The lowest BCUT2D eigenvalue weighted by atomic mass is 10.4. The average molecular weight is 338 g/mol. The summed E-state index contributed by atoms with van der Waals surface area (Å²) in [6.07, 6.45) is 0.918. The van der Waals surface area contributed by atoms with Crippen molar-refractivity contribution in [2.75, 3.05) is 20.3 Å². The zero-order valence-electron chi connectivity index (χ0n) is 13.7. The van der Waals surface area contributed by atoms with Gasteiger partial charge in [-0.1, -0.05) is 11.7 Å². The Hall–Kier alpha value is -0.688. The SMILES string of the molecule is C1C[CH2][AlH][O]C1.CC(=O)O.CCOC(C)OC(OC)C(=O)O. The van der Waals surface area contributed by atoms with E-state index in [0.29, 0.717) is 6.61 Å². The molecule has 2 atom stereocenters. The molecule has 130 valence electrons. The van der Waals surface area contributed by atoms with Crippen LogP contribution in [0.3, 0.4) is 0 Å². The van der Waals surface area contributed by atoms with Crippen LogP contribution in [-0.4, -0.2) is 70.6 Å². The van der Waals surface area contributed by atoms with E-state index in [2.05, 4.69) is 4.74 Å². The fourth-order valence-electron chi connectivity index (χ4n) is 1.35. The quantitative estimate of drug-likeness (QED) is 0.547. The van der Waals surface area contributed by atoms with Crippen LogP contribution in [0.2, 0.25) is 5.28 Å². The van der Waals surface area contributed by atoms with Gasteiger partial charge in [0.2, 0.25) is 0 Å². The minimum Gasteiger partial charge on any atom is -0.503 e. The fraction of sp³-hybridized carbons (Fsp3) is 0.846. The average Bonchev–Trinajstić information content (AvgIpc) is 2.46. The second kappa shape index (κ2) is 16.7. The van der Waals surface area contributed by atoms with Gasteiger partial charge in [0, 0.05) is 27.2 Å². The van der Waals surface area contributed by atoms with Gasteiger partial charge in [-0.15, -0.1) is 0 Å². The Labute approximate surface area is 137 Å². The predicted molar refractivity (Wildman–Crippen MR) is 81.1 cm³/mol. The summed E-state index contributed by atoms with van der Waals surface area (Å²) < 4.78 is 19.6. The van der Waals surface area contributed by atoms with E-state index in [4.69, 9.17) is 28.3 Å². The summed E-state index contributed by atoms with van der Waals surface area (Å²) in [5, 5.41) is 17.3. The number of carboxylic acids is 2. The van der Waals surface area contributed by atoms with Crippen LogP contribution in [0.25, 0.3) is 0 Å². The molecule has 0 radical (unpaired) electrons. The third kappa shape index (κ3) is 19.3. The van der Waals surface area contributed by atoms with Crippen molar-refractivity contribution in [1.29, 1.82) is 0 Å². The highest BCUT2D eigenvalue weighted by Gasteiger charge is 2.19. The Balaban J connectivity index is 0. The van der Waals surface area contributed by atoms with Crippen LogP contribution in [0.4, 0.5) is 0 Å². The normalized spacial score (nSPS) is 15.8. The molecule has 1 aliphatic heterocycles. The van der Waals surface area contributed by atoms with Gasteiger partial charge in [-0.2, -0.15) is 0 Å². The monoisotopic (exact) mass is 338 g/mol. The van der Waals surface area contributed by atoms with Crippen LogP contribution < -0.4 is 0 Å². The molecule has 0 bridgehead atoms. The number of aliphatic carboxylic acids is 2. The molecule has 0 aromatic heterocycles. The molecule has 0 aromatic rings. The van der Waals surface area contributed by atoms with E-state index in [1.807, 2.05) is 0 Å². The Morgan fingerprint density at radius 1 is 1.32 bits per heavy atom. The van der Waals surface area contributed by atoms with Crippen LogP contribution in [-0.2, 0) is 27.6 Å². The van der Waals surface area contributed by atoms with Gasteiger partial charge in [-0.05, 0) is 20.3 Å². The predicted octanol–water partition coefficient (Wildman–Crippen LogP) is 1.10. The van der Waals surface area contributed by atoms with E-state index >= 15 is 0 Å². The second-order valence-corrected chi connectivity index (χ2v) is 5.78. The van der Waals surface area contributed by atoms with Crippen LogP contribution >= 0.6 is 0 Å². The third-order valence-electron chi connectivity index (χ3n) is 2.21. The molecule has 1 heterocycles. The van der Waals surface area contributed by atoms with Gasteiger partial charge in [0.05, 0.1) is 0 Å². The van der Waals surface area contributed by atoms with Crippen LogP contribution in [0.5, 0.6) is 0 Å². The maximum Gasteiger partial charge on any atom is 0.435 e. The maximum atomic E-state index is 10.4. The van der Waals surface area contributed by atoms with Crippen molar-refractivity contribution in [2.45, 2.75) is 51.5 Å². The van der Waals surface area contributed by atoms with Gasteiger partial charge in [0.25, 0.3) is 12.3 Å². The number of rotatable bonds is 6. The first-order valence-corrected chi connectivity index (χ1v) is 8.72. The molecule has 0 amide bonds. The Morgan fingerprint density at radius 2 is 1.91 bits per heavy atom.